The number of hydrogen-bond donors (Lipinski definition) is 0. The van der Waals surface area contributed by atoms with Gasteiger partial charge in [0.1, 0.15) is 0 Å². The van der Waals surface area contributed by atoms with Crippen LogP contribution in [-0.2, 0) is 0 Å². The quantitative estimate of drug-likeness (QED) is 0.710. The topological polar surface area (TPSA) is 0 Å². The van der Waals surface area contributed by atoms with Gasteiger partial charge in [-0.25, -0.2) is 0 Å². The van der Waals surface area contributed by atoms with Crippen molar-refractivity contribution in [3.63, 3.8) is 0 Å². The van der Waals surface area contributed by atoms with Gasteiger partial charge in [-0.15, -0.1) is 0 Å². The second-order valence-electron chi connectivity index (χ2n) is 4.02. The minimum atomic E-state index is 0.421. The Morgan fingerprint density at radius 1 is 0.938 bits per heavy atom. The minimum Gasteiger partial charge on any atom is -0.0720 e. The van der Waals surface area contributed by atoms with Gasteiger partial charge in [0.2, 0.25) is 0 Å². The van der Waals surface area contributed by atoms with Crippen LogP contribution in [0.15, 0.2) is 59.1 Å². The van der Waals surface area contributed by atoms with Gasteiger partial charge in [0, 0.05) is 10.4 Å². The van der Waals surface area contributed by atoms with Crippen LogP contribution in [0.3, 0.4) is 0 Å². The molecule has 1 aliphatic carbocycles. The molecule has 0 saturated carbocycles. The van der Waals surface area contributed by atoms with E-state index in [-0.39, 0.29) is 0 Å². The van der Waals surface area contributed by atoms with Crippen LogP contribution < -0.4 is 0 Å². The fourth-order valence-corrected chi connectivity index (χ4v) is 2.61. The van der Waals surface area contributed by atoms with Crippen LogP contribution in [0.2, 0.25) is 0 Å². The fraction of sp³-hybridized carbons (Fsp3) is 0.0667. The maximum Gasteiger partial charge on any atom is 0.0278 e. The smallest absolute Gasteiger partial charge is 0.0278 e. The molecule has 0 heterocycles. The zero-order chi connectivity index (χ0) is 11.0. The minimum absolute atomic E-state index is 0.421. The highest BCUT2D eigenvalue weighted by atomic mass is 79.9. The summed E-state index contributed by atoms with van der Waals surface area (Å²) >= 11 is 3.51. The van der Waals surface area contributed by atoms with Crippen molar-refractivity contribution in [3.8, 4) is 0 Å². The van der Waals surface area contributed by atoms with Gasteiger partial charge in [0.15, 0.2) is 0 Å². The monoisotopic (exact) mass is 270 g/mol. The molecule has 0 aromatic heterocycles. The van der Waals surface area contributed by atoms with Crippen LogP contribution in [0.25, 0.3) is 6.08 Å². The van der Waals surface area contributed by atoms with Crippen LogP contribution >= 0.6 is 15.9 Å². The highest BCUT2D eigenvalue weighted by Gasteiger charge is 2.18. The number of rotatable bonds is 1. The molecule has 0 nitrogen and oxygen atoms in total. The highest BCUT2D eigenvalue weighted by molar-refractivity contribution is 9.10. The zero-order valence-electron chi connectivity index (χ0n) is 8.73. The largest absolute Gasteiger partial charge is 0.0720 e. The van der Waals surface area contributed by atoms with Gasteiger partial charge in [0.05, 0.1) is 0 Å². The molecule has 78 valence electrons. The van der Waals surface area contributed by atoms with Crippen molar-refractivity contribution in [1.29, 1.82) is 0 Å². The summed E-state index contributed by atoms with van der Waals surface area (Å²) < 4.78 is 1.14. The Balaban J connectivity index is 2.07. The van der Waals surface area contributed by atoms with Gasteiger partial charge >= 0.3 is 0 Å². The van der Waals surface area contributed by atoms with Gasteiger partial charge in [-0.05, 0) is 28.8 Å². The second kappa shape index (κ2) is 3.91. The summed E-state index contributed by atoms with van der Waals surface area (Å²) in [7, 11) is 0. The summed E-state index contributed by atoms with van der Waals surface area (Å²) in [6.07, 6.45) is 4.48. The molecule has 1 atom stereocenters. The summed E-state index contributed by atoms with van der Waals surface area (Å²) in [5.74, 6) is 0.421. The maximum absolute atomic E-state index is 3.51. The summed E-state index contributed by atoms with van der Waals surface area (Å²) in [6, 6.07) is 17.1. The third-order valence-corrected chi connectivity index (χ3v) is 3.50. The lowest BCUT2D eigenvalue weighted by Crippen LogP contribution is -1.94. The standard InChI is InChI=1S/C15H11Br/c16-13-7-9-15-12(10-13)6-8-14(15)11-4-2-1-3-5-11/h1-10,14H. The van der Waals surface area contributed by atoms with Crippen LogP contribution in [-0.4, -0.2) is 0 Å². The van der Waals surface area contributed by atoms with E-state index in [4.69, 9.17) is 0 Å². The number of benzene rings is 2. The molecule has 16 heavy (non-hydrogen) atoms. The average Bonchev–Trinajstić information content (AvgIpc) is 2.73. The lowest BCUT2D eigenvalue weighted by molar-refractivity contribution is 1.05. The maximum atomic E-state index is 3.51. The van der Waals surface area contributed by atoms with E-state index in [9.17, 15) is 0 Å². The molecule has 0 spiro atoms. The SMILES string of the molecule is Brc1ccc2c(c1)C=CC2c1ccccc1. The molecule has 2 aromatic rings. The molecule has 2 aromatic carbocycles. The van der Waals surface area contributed by atoms with Crippen LogP contribution in [0.5, 0.6) is 0 Å². The molecule has 0 bridgehead atoms. The van der Waals surface area contributed by atoms with Crippen molar-refractivity contribution >= 4 is 22.0 Å². The molecule has 0 N–H and O–H groups in total. The van der Waals surface area contributed by atoms with E-state index in [1.807, 2.05) is 0 Å². The Morgan fingerprint density at radius 3 is 2.56 bits per heavy atom. The molecular weight excluding hydrogens is 260 g/mol. The molecule has 1 unspecified atom stereocenters. The Kier molecular flexibility index (Phi) is 2.41. The van der Waals surface area contributed by atoms with Crippen molar-refractivity contribution in [3.05, 3.63) is 75.8 Å². The Morgan fingerprint density at radius 2 is 1.75 bits per heavy atom. The molecular formula is C15H11Br. The van der Waals surface area contributed by atoms with E-state index >= 15 is 0 Å². The van der Waals surface area contributed by atoms with Crippen molar-refractivity contribution in [2.75, 3.05) is 0 Å². The van der Waals surface area contributed by atoms with E-state index in [1.54, 1.807) is 0 Å². The van der Waals surface area contributed by atoms with Crippen molar-refractivity contribution in [1.82, 2.24) is 0 Å². The Hall–Kier alpha value is -1.34. The van der Waals surface area contributed by atoms with Gasteiger partial charge < -0.3 is 0 Å². The lowest BCUT2D eigenvalue weighted by Gasteiger charge is -2.11. The summed E-state index contributed by atoms with van der Waals surface area (Å²) in [5, 5.41) is 0. The highest BCUT2D eigenvalue weighted by Crippen LogP contribution is 2.36. The first-order chi connectivity index (χ1) is 7.84. The van der Waals surface area contributed by atoms with Crippen LogP contribution in [0.1, 0.15) is 22.6 Å². The Labute approximate surface area is 104 Å². The average molecular weight is 271 g/mol. The molecule has 0 radical (unpaired) electrons. The lowest BCUT2D eigenvalue weighted by atomic mass is 9.93. The number of allylic oxidation sites excluding steroid dienone is 1. The molecule has 0 amide bonds. The molecule has 3 rings (SSSR count). The van der Waals surface area contributed by atoms with Gasteiger partial charge in [0.25, 0.3) is 0 Å². The first kappa shape index (κ1) is 9.86. The van der Waals surface area contributed by atoms with Crippen molar-refractivity contribution in [2.24, 2.45) is 0 Å². The summed E-state index contributed by atoms with van der Waals surface area (Å²) in [5.41, 5.74) is 4.08. The first-order valence-corrected chi connectivity index (χ1v) is 6.16. The summed E-state index contributed by atoms with van der Waals surface area (Å²) in [4.78, 5) is 0. The molecule has 0 aliphatic heterocycles. The van der Waals surface area contributed by atoms with E-state index in [2.05, 4.69) is 76.6 Å². The number of hydrogen-bond acceptors (Lipinski definition) is 0. The van der Waals surface area contributed by atoms with E-state index in [0.717, 1.165) is 4.47 Å². The van der Waals surface area contributed by atoms with E-state index < -0.39 is 0 Å². The van der Waals surface area contributed by atoms with Gasteiger partial charge in [-0.3, -0.25) is 0 Å². The number of fused-ring (bicyclic) bond motifs is 1. The third-order valence-electron chi connectivity index (χ3n) is 3.01. The number of halogens is 1. The van der Waals surface area contributed by atoms with Crippen LogP contribution in [0.4, 0.5) is 0 Å². The molecule has 1 aliphatic rings. The molecule has 0 fully saturated rings. The predicted molar refractivity (Wildman–Crippen MR) is 71.5 cm³/mol. The second-order valence-corrected chi connectivity index (χ2v) is 4.94. The summed E-state index contributed by atoms with van der Waals surface area (Å²) in [6.45, 7) is 0. The van der Waals surface area contributed by atoms with Gasteiger partial charge in [-0.1, -0.05) is 64.5 Å². The predicted octanol–water partition coefficient (Wildman–Crippen LogP) is 4.61. The van der Waals surface area contributed by atoms with Crippen LogP contribution in [0, 0.1) is 0 Å². The van der Waals surface area contributed by atoms with Gasteiger partial charge in [-0.2, -0.15) is 0 Å². The molecule has 1 heteroatoms. The van der Waals surface area contributed by atoms with E-state index in [0.29, 0.717) is 5.92 Å². The van der Waals surface area contributed by atoms with Crippen molar-refractivity contribution in [2.45, 2.75) is 5.92 Å². The first-order valence-electron chi connectivity index (χ1n) is 5.37. The normalized spacial score (nSPS) is 17.4. The fourth-order valence-electron chi connectivity index (χ4n) is 2.23. The van der Waals surface area contributed by atoms with E-state index in [1.165, 1.54) is 16.7 Å². The zero-order valence-corrected chi connectivity index (χ0v) is 10.3. The Bertz CT molecular complexity index is 541. The van der Waals surface area contributed by atoms with Crippen molar-refractivity contribution < 1.29 is 0 Å². The molecule has 0 saturated heterocycles. The third kappa shape index (κ3) is 1.61.